The molecule has 0 aromatic carbocycles. The molecule has 2 fully saturated rings. The maximum atomic E-state index is 11.9. The van der Waals surface area contributed by atoms with Crippen molar-refractivity contribution in [2.45, 2.75) is 56.8 Å². The second-order valence-electron chi connectivity index (χ2n) is 7.97. The lowest BCUT2D eigenvalue weighted by Gasteiger charge is -2.26. The maximum absolute atomic E-state index is 11.9. The van der Waals surface area contributed by atoms with Crippen LogP contribution in [0.2, 0.25) is 0 Å². The van der Waals surface area contributed by atoms with Crippen LogP contribution in [0, 0.1) is 0 Å². The van der Waals surface area contributed by atoms with Gasteiger partial charge in [-0.25, -0.2) is 4.99 Å². The largest absolute Gasteiger partial charge is 0.469 e. The van der Waals surface area contributed by atoms with Crippen LogP contribution >= 0.6 is 24.0 Å². The van der Waals surface area contributed by atoms with E-state index in [1.165, 1.54) is 17.7 Å². The first kappa shape index (κ1) is 24.9. The summed E-state index contributed by atoms with van der Waals surface area (Å²) in [6.07, 6.45) is 9.17. The molecule has 1 aromatic heterocycles. The minimum Gasteiger partial charge on any atom is -0.469 e. The number of hydrogen-bond donors (Lipinski definition) is 2. The monoisotopic (exact) mass is 534 g/mol. The van der Waals surface area contributed by atoms with Gasteiger partial charge >= 0.3 is 0 Å². The summed E-state index contributed by atoms with van der Waals surface area (Å²) in [7, 11) is 3.45. The van der Waals surface area contributed by atoms with Crippen molar-refractivity contribution in [2.24, 2.45) is 4.99 Å². The summed E-state index contributed by atoms with van der Waals surface area (Å²) in [6.45, 7) is 1.92. The average molecular weight is 534 g/mol. The number of rotatable bonds is 7. The summed E-state index contributed by atoms with van der Waals surface area (Å²) < 4.78 is 17.7. The van der Waals surface area contributed by atoms with E-state index in [4.69, 9.17) is 13.9 Å². The highest BCUT2D eigenvalue weighted by molar-refractivity contribution is 14.0. The van der Waals surface area contributed by atoms with E-state index in [9.17, 15) is 4.79 Å². The Morgan fingerprint density at radius 2 is 2.00 bits per heavy atom. The number of nitrogens with zero attached hydrogens (tertiary/aromatic N) is 2. The first-order chi connectivity index (χ1) is 14.1. The van der Waals surface area contributed by atoms with E-state index in [1.54, 1.807) is 20.4 Å². The maximum Gasteiger partial charge on any atom is 0.243 e. The Morgan fingerprint density at radius 1 is 1.23 bits per heavy atom. The van der Waals surface area contributed by atoms with Crippen LogP contribution in [0.3, 0.4) is 0 Å². The zero-order chi connectivity index (χ0) is 20.5. The summed E-state index contributed by atoms with van der Waals surface area (Å²) >= 11 is 0. The SMILES string of the molecule is CN(C)C(=O)CN=C(NCCc1ccco1)NCC1COC2(CCCCCC2)O1.I. The number of hydrogen-bond acceptors (Lipinski definition) is 5. The Labute approximate surface area is 196 Å². The Hall–Kier alpha value is -1.33. The van der Waals surface area contributed by atoms with E-state index in [2.05, 4.69) is 15.6 Å². The molecule has 9 heteroatoms. The number of guanidine groups is 1. The van der Waals surface area contributed by atoms with Crippen LogP contribution in [-0.4, -0.2) is 69.0 Å². The van der Waals surface area contributed by atoms with Gasteiger partial charge < -0.3 is 29.4 Å². The van der Waals surface area contributed by atoms with Crippen molar-refractivity contribution in [1.29, 1.82) is 0 Å². The molecular weight excluding hydrogens is 499 g/mol. The third-order valence-electron chi connectivity index (χ3n) is 5.39. The van der Waals surface area contributed by atoms with E-state index in [-0.39, 0.29) is 42.5 Å². The molecule has 170 valence electrons. The van der Waals surface area contributed by atoms with Gasteiger partial charge in [-0.05, 0) is 25.0 Å². The van der Waals surface area contributed by atoms with Crippen LogP contribution in [0.5, 0.6) is 0 Å². The summed E-state index contributed by atoms with van der Waals surface area (Å²) in [6, 6.07) is 3.82. The van der Waals surface area contributed by atoms with Gasteiger partial charge in [0.15, 0.2) is 11.7 Å². The fourth-order valence-electron chi connectivity index (χ4n) is 3.68. The first-order valence-corrected chi connectivity index (χ1v) is 10.6. The van der Waals surface area contributed by atoms with Gasteiger partial charge in [0.1, 0.15) is 18.4 Å². The molecule has 1 aliphatic carbocycles. The molecule has 0 bridgehead atoms. The number of carbonyl (C=O) groups excluding carboxylic acids is 1. The van der Waals surface area contributed by atoms with Crippen molar-refractivity contribution < 1.29 is 18.7 Å². The topological polar surface area (TPSA) is 88.3 Å². The van der Waals surface area contributed by atoms with Gasteiger partial charge in [0.05, 0.1) is 12.9 Å². The number of carbonyl (C=O) groups is 1. The molecule has 8 nitrogen and oxygen atoms in total. The number of aliphatic imine (C=N–C) groups is 1. The van der Waals surface area contributed by atoms with Gasteiger partial charge in [0, 0.05) is 46.4 Å². The van der Waals surface area contributed by atoms with Crippen LogP contribution in [0.1, 0.15) is 44.3 Å². The average Bonchev–Trinajstić information content (AvgIpc) is 3.30. The van der Waals surface area contributed by atoms with Crippen LogP contribution in [-0.2, 0) is 20.7 Å². The molecule has 1 aliphatic heterocycles. The van der Waals surface area contributed by atoms with E-state index in [0.29, 0.717) is 25.7 Å². The Balaban J connectivity index is 0.00000320. The van der Waals surface area contributed by atoms with Crippen molar-refractivity contribution in [2.75, 3.05) is 40.3 Å². The molecule has 1 spiro atoms. The number of nitrogens with one attached hydrogen (secondary N) is 2. The molecule has 2 heterocycles. The van der Waals surface area contributed by atoms with Crippen LogP contribution < -0.4 is 10.6 Å². The van der Waals surface area contributed by atoms with E-state index in [1.807, 2.05) is 12.1 Å². The third-order valence-corrected chi connectivity index (χ3v) is 5.39. The number of ether oxygens (including phenoxy) is 2. The van der Waals surface area contributed by atoms with Gasteiger partial charge in [-0.2, -0.15) is 0 Å². The normalized spacial score (nSPS) is 21.0. The minimum atomic E-state index is -0.395. The Morgan fingerprint density at radius 3 is 2.67 bits per heavy atom. The molecular formula is C21H35IN4O4. The van der Waals surface area contributed by atoms with Crippen molar-refractivity contribution >= 4 is 35.8 Å². The van der Waals surface area contributed by atoms with Gasteiger partial charge in [0.2, 0.25) is 5.91 Å². The molecule has 3 rings (SSSR count). The highest BCUT2D eigenvalue weighted by Gasteiger charge is 2.41. The van der Waals surface area contributed by atoms with Crippen molar-refractivity contribution in [1.82, 2.24) is 15.5 Å². The zero-order valence-electron chi connectivity index (χ0n) is 18.0. The summed E-state index contributed by atoms with van der Waals surface area (Å²) in [5, 5.41) is 6.58. The predicted octanol–water partition coefficient (Wildman–Crippen LogP) is 2.53. The highest BCUT2D eigenvalue weighted by Crippen LogP contribution is 2.36. The molecule has 1 unspecified atom stereocenters. The van der Waals surface area contributed by atoms with Crippen LogP contribution in [0.15, 0.2) is 27.8 Å². The summed E-state index contributed by atoms with van der Waals surface area (Å²) in [4.78, 5) is 17.9. The number of likely N-dealkylation sites (N-methyl/N-ethyl adjacent to an activating group) is 1. The first-order valence-electron chi connectivity index (χ1n) is 10.6. The zero-order valence-corrected chi connectivity index (χ0v) is 20.4. The number of furan rings is 1. The number of halogens is 1. The smallest absolute Gasteiger partial charge is 0.243 e. The fourth-order valence-corrected chi connectivity index (χ4v) is 3.68. The van der Waals surface area contributed by atoms with Gasteiger partial charge in [0.25, 0.3) is 0 Å². The van der Waals surface area contributed by atoms with Crippen molar-refractivity contribution in [3.05, 3.63) is 24.2 Å². The second-order valence-corrected chi connectivity index (χ2v) is 7.97. The van der Waals surface area contributed by atoms with Gasteiger partial charge in [-0.1, -0.05) is 12.8 Å². The molecule has 30 heavy (non-hydrogen) atoms. The third kappa shape index (κ3) is 7.73. The summed E-state index contributed by atoms with van der Waals surface area (Å²) in [5.74, 6) is 1.06. The summed E-state index contributed by atoms with van der Waals surface area (Å²) in [5.41, 5.74) is 0. The molecule has 1 amide bonds. The quantitative estimate of drug-likeness (QED) is 0.318. The molecule has 0 radical (unpaired) electrons. The molecule has 2 N–H and O–H groups in total. The number of amides is 1. The lowest BCUT2D eigenvalue weighted by molar-refractivity contribution is -0.175. The van der Waals surface area contributed by atoms with Crippen LogP contribution in [0.4, 0.5) is 0 Å². The van der Waals surface area contributed by atoms with Gasteiger partial charge in [-0.15, -0.1) is 24.0 Å². The standard InChI is InChI=1S/C21H34N4O4.HI/c1-25(2)19(26)15-24-20(22-12-9-17-8-7-13-27-17)23-14-18-16-28-21(29-18)10-5-3-4-6-11-21;/h7-8,13,18H,3-6,9-12,14-16H2,1-2H3,(H2,22,23,24);1H. The van der Waals surface area contributed by atoms with E-state index in [0.717, 1.165) is 37.9 Å². The van der Waals surface area contributed by atoms with E-state index < -0.39 is 5.79 Å². The molecule has 1 aromatic rings. The van der Waals surface area contributed by atoms with E-state index >= 15 is 0 Å². The fraction of sp³-hybridized carbons (Fsp3) is 0.714. The predicted molar refractivity (Wildman–Crippen MR) is 126 cm³/mol. The lowest BCUT2D eigenvalue weighted by Crippen LogP contribution is -2.43. The molecule has 1 atom stereocenters. The van der Waals surface area contributed by atoms with Gasteiger partial charge in [-0.3, -0.25) is 4.79 Å². The minimum absolute atomic E-state index is 0. The van der Waals surface area contributed by atoms with Crippen LogP contribution in [0.25, 0.3) is 0 Å². The lowest BCUT2D eigenvalue weighted by atomic mass is 10.1. The molecule has 1 saturated heterocycles. The second kappa shape index (κ2) is 12.5. The van der Waals surface area contributed by atoms with Crippen molar-refractivity contribution in [3.8, 4) is 0 Å². The Bertz CT molecular complexity index is 658. The Kier molecular flexibility index (Phi) is 10.4. The van der Waals surface area contributed by atoms with Crippen molar-refractivity contribution in [3.63, 3.8) is 0 Å². The molecule has 1 saturated carbocycles. The molecule has 2 aliphatic rings. The highest BCUT2D eigenvalue weighted by atomic mass is 127.